The van der Waals surface area contributed by atoms with E-state index in [9.17, 15) is 19.5 Å². The van der Waals surface area contributed by atoms with Gasteiger partial charge in [-0.1, -0.05) is 25.7 Å². The van der Waals surface area contributed by atoms with Gasteiger partial charge in [0.1, 0.15) is 6.04 Å². The first-order chi connectivity index (χ1) is 13.0. The summed E-state index contributed by atoms with van der Waals surface area (Å²) in [5, 5.41) is 17.0. The number of carbonyl (C=O) groups is 3. The Morgan fingerprint density at radius 1 is 1.22 bits per heavy atom. The summed E-state index contributed by atoms with van der Waals surface area (Å²) in [6.07, 6.45) is 9.30. The van der Waals surface area contributed by atoms with E-state index in [4.69, 9.17) is 0 Å². The molecule has 9 heteroatoms. The molecule has 2 N–H and O–H groups in total. The summed E-state index contributed by atoms with van der Waals surface area (Å²) >= 11 is 0. The molecule has 0 saturated heterocycles. The van der Waals surface area contributed by atoms with Gasteiger partial charge in [0.15, 0.2) is 0 Å². The normalized spacial score (nSPS) is 20.6. The van der Waals surface area contributed by atoms with Crippen LogP contribution in [-0.4, -0.2) is 50.1 Å². The first-order valence-electron chi connectivity index (χ1n) is 9.19. The van der Waals surface area contributed by atoms with Crippen molar-refractivity contribution in [1.29, 1.82) is 0 Å². The van der Waals surface area contributed by atoms with Crippen molar-refractivity contribution in [2.24, 2.45) is 16.9 Å². The van der Waals surface area contributed by atoms with Crippen molar-refractivity contribution < 1.29 is 19.5 Å². The number of nitrogens with one attached hydrogen (secondary N) is 1. The number of hydrogen-bond acceptors (Lipinski definition) is 6. The van der Waals surface area contributed by atoms with Gasteiger partial charge in [-0.05, 0) is 18.4 Å². The fourth-order valence-corrected chi connectivity index (χ4v) is 3.72. The molecule has 3 rings (SSSR count). The van der Waals surface area contributed by atoms with Gasteiger partial charge in [-0.25, -0.2) is 15.0 Å². The lowest BCUT2D eigenvalue weighted by atomic mass is 9.90. The maximum Gasteiger partial charge on any atom is 0.304 e. The molecule has 2 heterocycles. The summed E-state index contributed by atoms with van der Waals surface area (Å²) in [6.45, 7) is 0. The first kappa shape index (κ1) is 18.9. The van der Waals surface area contributed by atoms with E-state index < -0.39 is 29.7 Å². The Morgan fingerprint density at radius 3 is 2.59 bits per heavy atom. The first-order valence-corrected chi connectivity index (χ1v) is 9.19. The van der Waals surface area contributed by atoms with Crippen molar-refractivity contribution in [2.75, 3.05) is 5.32 Å². The zero-order valence-electron chi connectivity index (χ0n) is 15.0. The van der Waals surface area contributed by atoms with Gasteiger partial charge in [-0.2, -0.15) is 5.10 Å². The molecule has 2 aliphatic rings. The molecule has 27 heavy (non-hydrogen) atoms. The number of aliphatic carboxylic acids is 1. The number of aromatic nitrogens is 2. The van der Waals surface area contributed by atoms with Crippen LogP contribution in [0.2, 0.25) is 0 Å². The average molecular weight is 373 g/mol. The van der Waals surface area contributed by atoms with E-state index in [1.54, 1.807) is 6.07 Å². The van der Waals surface area contributed by atoms with Crippen LogP contribution in [0.4, 0.5) is 5.95 Å². The van der Waals surface area contributed by atoms with Crippen molar-refractivity contribution in [3.05, 3.63) is 18.5 Å². The Morgan fingerprint density at radius 2 is 1.93 bits per heavy atom. The van der Waals surface area contributed by atoms with Gasteiger partial charge in [0.2, 0.25) is 11.9 Å². The van der Waals surface area contributed by atoms with E-state index in [1.165, 1.54) is 18.6 Å². The summed E-state index contributed by atoms with van der Waals surface area (Å²) in [5.74, 6) is -2.05. The molecule has 144 valence electrons. The molecule has 1 aromatic heterocycles. The highest BCUT2D eigenvalue weighted by Crippen LogP contribution is 2.33. The molecular formula is C18H23N5O4. The second-order valence-electron chi connectivity index (χ2n) is 6.97. The minimum atomic E-state index is -1.02. The van der Waals surface area contributed by atoms with Crippen molar-refractivity contribution in [3.63, 3.8) is 0 Å². The van der Waals surface area contributed by atoms with Gasteiger partial charge in [-0.15, -0.1) is 0 Å². The molecule has 1 aliphatic carbocycles. The highest BCUT2D eigenvalue weighted by atomic mass is 16.4. The Balaban J connectivity index is 1.68. The summed E-state index contributed by atoms with van der Waals surface area (Å²) in [6, 6.07) is 0.810. The zero-order valence-corrected chi connectivity index (χ0v) is 15.0. The average Bonchev–Trinajstić information content (AvgIpc) is 3.33. The predicted molar refractivity (Wildman–Crippen MR) is 96.7 cm³/mol. The van der Waals surface area contributed by atoms with E-state index in [2.05, 4.69) is 20.4 Å². The number of carboxylic acids is 1. The van der Waals surface area contributed by atoms with Gasteiger partial charge in [0.05, 0.1) is 12.3 Å². The number of anilines is 1. The minimum Gasteiger partial charge on any atom is -0.481 e. The second-order valence-corrected chi connectivity index (χ2v) is 6.97. The highest BCUT2D eigenvalue weighted by Gasteiger charge is 2.38. The Kier molecular flexibility index (Phi) is 6.10. The van der Waals surface area contributed by atoms with Gasteiger partial charge in [-0.3, -0.25) is 19.7 Å². The summed E-state index contributed by atoms with van der Waals surface area (Å²) in [5.41, 5.74) is 0. The molecule has 0 radical (unpaired) electrons. The highest BCUT2D eigenvalue weighted by molar-refractivity contribution is 5.99. The molecular weight excluding hydrogens is 350 g/mol. The van der Waals surface area contributed by atoms with Gasteiger partial charge in [0.25, 0.3) is 5.91 Å². The van der Waals surface area contributed by atoms with Crippen LogP contribution in [0.5, 0.6) is 0 Å². The molecule has 0 aromatic carbocycles. The summed E-state index contributed by atoms with van der Waals surface area (Å²) in [7, 11) is 0. The molecule has 2 atom stereocenters. The van der Waals surface area contributed by atoms with Crippen LogP contribution in [0.15, 0.2) is 23.6 Å². The Hall–Kier alpha value is -2.84. The van der Waals surface area contributed by atoms with Crippen molar-refractivity contribution in [1.82, 2.24) is 15.0 Å². The number of carboxylic acid groups (broad SMARTS) is 1. The minimum absolute atomic E-state index is 0.148. The topological polar surface area (TPSA) is 125 Å². The van der Waals surface area contributed by atoms with Crippen LogP contribution < -0.4 is 5.32 Å². The molecule has 0 bridgehead atoms. The maximum absolute atomic E-state index is 13.0. The van der Waals surface area contributed by atoms with Crippen molar-refractivity contribution in [3.8, 4) is 0 Å². The Bertz CT molecular complexity index is 718. The third kappa shape index (κ3) is 4.87. The fourth-order valence-electron chi connectivity index (χ4n) is 3.72. The number of amides is 2. The van der Waals surface area contributed by atoms with Gasteiger partial charge in [0, 0.05) is 25.0 Å². The van der Waals surface area contributed by atoms with Crippen LogP contribution in [0, 0.1) is 11.8 Å². The van der Waals surface area contributed by atoms with Crippen LogP contribution in [-0.2, 0) is 14.4 Å². The van der Waals surface area contributed by atoms with Crippen molar-refractivity contribution in [2.45, 2.75) is 51.0 Å². The predicted octanol–water partition coefficient (Wildman–Crippen LogP) is 1.67. The van der Waals surface area contributed by atoms with E-state index in [0.717, 1.165) is 30.7 Å². The molecule has 2 amide bonds. The van der Waals surface area contributed by atoms with E-state index in [1.807, 2.05) is 0 Å². The molecule has 1 saturated carbocycles. The lowest BCUT2D eigenvalue weighted by Crippen LogP contribution is -2.45. The Labute approximate surface area is 156 Å². The number of carbonyl (C=O) groups excluding carboxylic acids is 2. The maximum atomic E-state index is 13.0. The number of nitrogens with zero attached hydrogens (tertiary/aromatic N) is 4. The van der Waals surface area contributed by atoms with Gasteiger partial charge >= 0.3 is 5.97 Å². The molecule has 1 aliphatic heterocycles. The smallest absolute Gasteiger partial charge is 0.304 e. The number of rotatable bonds is 7. The molecule has 1 unspecified atom stereocenters. The van der Waals surface area contributed by atoms with Crippen LogP contribution in [0.3, 0.4) is 0 Å². The zero-order chi connectivity index (χ0) is 19.2. The van der Waals surface area contributed by atoms with E-state index in [-0.39, 0.29) is 18.8 Å². The second kappa shape index (κ2) is 8.70. The quantitative estimate of drug-likeness (QED) is 0.749. The SMILES string of the molecule is O=C(O)C[C@@H](CC1CCCC1)C(=O)N1N=CCC1C(=O)Nc1ncccn1. The third-order valence-corrected chi connectivity index (χ3v) is 5.02. The summed E-state index contributed by atoms with van der Waals surface area (Å²) in [4.78, 5) is 44.6. The molecule has 0 spiro atoms. The molecule has 1 fully saturated rings. The lowest BCUT2D eigenvalue weighted by Gasteiger charge is -2.26. The molecule has 9 nitrogen and oxygen atoms in total. The van der Waals surface area contributed by atoms with E-state index >= 15 is 0 Å². The van der Waals surface area contributed by atoms with Crippen LogP contribution in [0.1, 0.15) is 44.9 Å². The van der Waals surface area contributed by atoms with Crippen molar-refractivity contribution >= 4 is 29.9 Å². The van der Waals surface area contributed by atoms with E-state index in [0.29, 0.717) is 12.3 Å². The summed E-state index contributed by atoms with van der Waals surface area (Å²) < 4.78 is 0. The largest absolute Gasteiger partial charge is 0.481 e. The van der Waals surface area contributed by atoms with Crippen LogP contribution >= 0.6 is 0 Å². The lowest BCUT2D eigenvalue weighted by molar-refractivity contribution is -0.147. The monoisotopic (exact) mass is 373 g/mol. The fraction of sp³-hybridized carbons (Fsp3) is 0.556. The number of hydrazone groups is 1. The van der Waals surface area contributed by atoms with Gasteiger partial charge < -0.3 is 5.11 Å². The standard InChI is InChI=1S/C18H23N5O4/c24-15(25)11-13(10-12-4-1-2-5-12)17(27)23-14(6-9-21-23)16(26)22-18-19-7-3-8-20-18/h3,7-9,12-14H,1-2,4-6,10-11H2,(H,24,25)(H,19,20,22,26)/t13-,14?/m1/s1. The molecule has 1 aromatic rings. The van der Waals surface area contributed by atoms with Crippen LogP contribution in [0.25, 0.3) is 0 Å². The third-order valence-electron chi connectivity index (χ3n) is 5.02. The number of hydrogen-bond donors (Lipinski definition) is 2.